The van der Waals surface area contributed by atoms with Crippen LogP contribution in [0.1, 0.15) is 37.0 Å². The summed E-state index contributed by atoms with van der Waals surface area (Å²) in [5, 5.41) is 3.01. The maximum Gasteiger partial charge on any atom is 0.243 e. The minimum atomic E-state index is -0.672. The van der Waals surface area contributed by atoms with Gasteiger partial charge in [0, 0.05) is 25.9 Å². The Morgan fingerprint density at radius 3 is 2.00 bits per heavy atom. The van der Waals surface area contributed by atoms with Gasteiger partial charge in [0.25, 0.3) is 0 Å². The molecule has 0 aliphatic carbocycles. The number of nitrogens with one attached hydrogen (secondary N) is 1. The summed E-state index contributed by atoms with van der Waals surface area (Å²) in [6, 6.07) is 25.0. The van der Waals surface area contributed by atoms with Crippen LogP contribution < -0.4 is 5.32 Å². The minimum absolute atomic E-state index is 0.103. The van der Waals surface area contributed by atoms with Crippen LogP contribution in [0, 0.1) is 11.7 Å². The van der Waals surface area contributed by atoms with Crippen LogP contribution in [0.25, 0.3) is 0 Å². The fraction of sp³-hybridized carbons (Fsp3) is 0.310. The van der Waals surface area contributed by atoms with Crippen LogP contribution in [0.5, 0.6) is 0 Å². The molecule has 3 rings (SSSR count). The Morgan fingerprint density at radius 1 is 0.824 bits per heavy atom. The van der Waals surface area contributed by atoms with E-state index in [9.17, 15) is 14.0 Å². The molecule has 0 spiro atoms. The molecular formula is C29H33FN2O2. The molecule has 4 nitrogen and oxygen atoms in total. The van der Waals surface area contributed by atoms with E-state index in [2.05, 4.69) is 5.32 Å². The van der Waals surface area contributed by atoms with Gasteiger partial charge in [-0.25, -0.2) is 4.39 Å². The Balaban J connectivity index is 1.88. The highest BCUT2D eigenvalue weighted by molar-refractivity contribution is 5.88. The van der Waals surface area contributed by atoms with Crippen LogP contribution in [0.3, 0.4) is 0 Å². The van der Waals surface area contributed by atoms with Gasteiger partial charge < -0.3 is 10.2 Å². The maximum absolute atomic E-state index is 13.5. The zero-order valence-electron chi connectivity index (χ0n) is 19.9. The van der Waals surface area contributed by atoms with Crippen LogP contribution in [-0.4, -0.2) is 29.3 Å². The van der Waals surface area contributed by atoms with Crippen molar-refractivity contribution in [3.63, 3.8) is 0 Å². The van der Waals surface area contributed by atoms with Crippen molar-refractivity contribution < 1.29 is 14.0 Å². The maximum atomic E-state index is 13.5. The van der Waals surface area contributed by atoms with Crippen molar-refractivity contribution in [2.45, 2.75) is 45.7 Å². The van der Waals surface area contributed by atoms with E-state index in [0.717, 1.165) is 16.7 Å². The Kier molecular flexibility index (Phi) is 9.39. The van der Waals surface area contributed by atoms with E-state index < -0.39 is 6.04 Å². The molecule has 2 amide bonds. The second-order valence-electron chi connectivity index (χ2n) is 8.98. The number of aryl methyl sites for hydroxylation is 1. The van der Waals surface area contributed by atoms with E-state index in [4.69, 9.17) is 0 Å². The van der Waals surface area contributed by atoms with Crippen molar-refractivity contribution in [1.29, 1.82) is 0 Å². The van der Waals surface area contributed by atoms with Crippen molar-refractivity contribution in [1.82, 2.24) is 10.2 Å². The van der Waals surface area contributed by atoms with Gasteiger partial charge >= 0.3 is 0 Å². The van der Waals surface area contributed by atoms with Crippen LogP contribution >= 0.6 is 0 Å². The quantitative estimate of drug-likeness (QED) is 0.429. The number of carbonyl (C=O) groups excluding carboxylic acids is 2. The molecule has 5 heteroatoms. The van der Waals surface area contributed by atoms with Crippen molar-refractivity contribution >= 4 is 11.8 Å². The van der Waals surface area contributed by atoms with Gasteiger partial charge in [-0.05, 0) is 41.2 Å². The highest BCUT2D eigenvalue weighted by atomic mass is 19.1. The molecule has 0 heterocycles. The third kappa shape index (κ3) is 7.84. The minimum Gasteiger partial charge on any atom is -0.354 e. The Morgan fingerprint density at radius 2 is 1.41 bits per heavy atom. The number of amides is 2. The topological polar surface area (TPSA) is 49.4 Å². The Bertz CT molecular complexity index is 1040. The zero-order chi connectivity index (χ0) is 24.3. The van der Waals surface area contributed by atoms with Crippen molar-refractivity contribution in [2.24, 2.45) is 5.92 Å². The summed E-state index contributed by atoms with van der Waals surface area (Å²) in [6.07, 6.45) is 1.28. The van der Waals surface area contributed by atoms with E-state index in [-0.39, 0.29) is 30.6 Å². The van der Waals surface area contributed by atoms with Gasteiger partial charge in [-0.15, -0.1) is 0 Å². The zero-order valence-corrected chi connectivity index (χ0v) is 19.9. The third-order valence-electron chi connectivity index (χ3n) is 5.69. The highest BCUT2D eigenvalue weighted by Crippen LogP contribution is 2.17. The van der Waals surface area contributed by atoms with E-state index in [1.807, 2.05) is 74.5 Å². The van der Waals surface area contributed by atoms with E-state index in [1.165, 1.54) is 12.1 Å². The van der Waals surface area contributed by atoms with Crippen LogP contribution in [0.15, 0.2) is 84.9 Å². The number of rotatable bonds is 11. The van der Waals surface area contributed by atoms with Gasteiger partial charge in [-0.3, -0.25) is 9.59 Å². The average molecular weight is 461 g/mol. The summed E-state index contributed by atoms with van der Waals surface area (Å²) in [7, 11) is 0. The predicted octanol–water partition coefficient (Wildman–Crippen LogP) is 5.17. The first-order valence-electron chi connectivity index (χ1n) is 11.8. The first-order chi connectivity index (χ1) is 16.4. The van der Waals surface area contributed by atoms with Gasteiger partial charge in [-0.1, -0.05) is 86.6 Å². The monoisotopic (exact) mass is 460 g/mol. The van der Waals surface area contributed by atoms with Gasteiger partial charge in [0.1, 0.15) is 11.9 Å². The number of nitrogens with zero attached hydrogens (tertiary/aromatic N) is 1. The number of hydrogen-bond donors (Lipinski definition) is 1. The van der Waals surface area contributed by atoms with Crippen LogP contribution in [0.4, 0.5) is 4.39 Å². The summed E-state index contributed by atoms with van der Waals surface area (Å²) >= 11 is 0. The summed E-state index contributed by atoms with van der Waals surface area (Å²) in [4.78, 5) is 28.5. The van der Waals surface area contributed by atoms with E-state index >= 15 is 0 Å². The Labute approximate surface area is 201 Å². The molecule has 0 bridgehead atoms. The lowest BCUT2D eigenvalue weighted by Gasteiger charge is -2.32. The van der Waals surface area contributed by atoms with Crippen molar-refractivity contribution in [3.8, 4) is 0 Å². The summed E-state index contributed by atoms with van der Waals surface area (Å²) in [5.74, 6) is -0.316. The lowest BCUT2D eigenvalue weighted by Crippen LogP contribution is -2.51. The normalized spacial score (nSPS) is 11.8. The fourth-order valence-electron chi connectivity index (χ4n) is 3.80. The molecule has 0 unspecified atom stereocenters. The summed E-state index contributed by atoms with van der Waals surface area (Å²) < 4.78 is 13.5. The first-order valence-corrected chi connectivity index (χ1v) is 11.8. The smallest absolute Gasteiger partial charge is 0.243 e. The number of carbonyl (C=O) groups is 2. The van der Waals surface area contributed by atoms with E-state index in [1.54, 1.807) is 17.0 Å². The molecule has 0 aliphatic heterocycles. The van der Waals surface area contributed by atoms with Crippen molar-refractivity contribution in [3.05, 3.63) is 107 Å². The molecule has 34 heavy (non-hydrogen) atoms. The first kappa shape index (κ1) is 25.2. The number of hydrogen-bond acceptors (Lipinski definition) is 2. The molecule has 1 N–H and O–H groups in total. The van der Waals surface area contributed by atoms with Crippen LogP contribution in [0.2, 0.25) is 0 Å². The standard InChI is InChI=1S/C29H33FN2O2/c1-22(2)20-31-29(34)27(19-24-11-7-4-8-12-24)32(21-25-13-16-26(30)17-14-25)28(33)18-15-23-9-5-3-6-10-23/h3-14,16-17,22,27H,15,18-21H2,1-2H3,(H,31,34)/t27-/m0/s1. The van der Waals surface area contributed by atoms with Gasteiger partial charge in [0.15, 0.2) is 0 Å². The summed E-state index contributed by atoms with van der Waals surface area (Å²) in [6.45, 7) is 4.84. The van der Waals surface area contributed by atoms with Crippen molar-refractivity contribution in [2.75, 3.05) is 6.54 Å². The molecule has 0 saturated heterocycles. The molecule has 3 aromatic carbocycles. The molecule has 0 aliphatic rings. The molecule has 3 aromatic rings. The molecule has 0 aromatic heterocycles. The Hall–Kier alpha value is -3.47. The fourth-order valence-corrected chi connectivity index (χ4v) is 3.80. The van der Waals surface area contributed by atoms with Gasteiger partial charge in [0.2, 0.25) is 11.8 Å². The highest BCUT2D eigenvalue weighted by Gasteiger charge is 2.30. The molecule has 0 saturated carbocycles. The van der Waals surface area contributed by atoms with Crippen LogP contribution in [-0.2, 0) is 29.0 Å². The number of benzene rings is 3. The second kappa shape index (κ2) is 12.7. The lowest BCUT2D eigenvalue weighted by atomic mass is 10.0. The van der Waals surface area contributed by atoms with E-state index in [0.29, 0.717) is 25.3 Å². The second-order valence-corrected chi connectivity index (χ2v) is 8.98. The molecule has 178 valence electrons. The predicted molar refractivity (Wildman–Crippen MR) is 133 cm³/mol. The largest absolute Gasteiger partial charge is 0.354 e. The van der Waals surface area contributed by atoms with Gasteiger partial charge in [-0.2, -0.15) is 0 Å². The number of halogens is 1. The molecule has 1 atom stereocenters. The molecular weight excluding hydrogens is 427 g/mol. The average Bonchev–Trinajstić information content (AvgIpc) is 2.85. The SMILES string of the molecule is CC(C)CNC(=O)[C@H](Cc1ccccc1)N(Cc1ccc(F)cc1)C(=O)CCc1ccccc1. The third-order valence-corrected chi connectivity index (χ3v) is 5.69. The lowest BCUT2D eigenvalue weighted by molar-refractivity contribution is -0.141. The molecule has 0 radical (unpaired) electrons. The van der Waals surface area contributed by atoms with Gasteiger partial charge in [0.05, 0.1) is 0 Å². The molecule has 0 fully saturated rings. The summed E-state index contributed by atoms with van der Waals surface area (Å²) in [5.41, 5.74) is 2.83.